The smallest absolute Gasteiger partial charge is 0.326 e. The molecule has 0 unspecified atom stereocenters. The summed E-state index contributed by atoms with van der Waals surface area (Å²) in [5.74, 6) is -0.224. The van der Waals surface area contributed by atoms with Crippen molar-refractivity contribution in [2.45, 2.75) is 32.9 Å². The molecule has 0 aliphatic rings. The van der Waals surface area contributed by atoms with Crippen LogP contribution < -0.4 is 5.32 Å². The van der Waals surface area contributed by atoms with E-state index in [-0.39, 0.29) is 5.97 Å². The second kappa shape index (κ2) is 5.66. The minimum absolute atomic E-state index is 0.224. The summed E-state index contributed by atoms with van der Waals surface area (Å²) in [5, 5.41) is 3.08. The second-order valence-electron chi connectivity index (χ2n) is 4.22. The van der Waals surface area contributed by atoms with Crippen LogP contribution in [0.25, 0.3) is 0 Å². The summed E-state index contributed by atoms with van der Waals surface area (Å²) in [6.07, 6.45) is 0. The predicted molar refractivity (Wildman–Crippen MR) is 64.0 cm³/mol. The lowest BCUT2D eigenvalue weighted by molar-refractivity contribution is -0.151. The van der Waals surface area contributed by atoms with Crippen molar-refractivity contribution in [1.82, 2.24) is 5.32 Å². The van der Waals surface area contributed by atoms with Gasteiger partial charge in [0, 0.05) is 0 Å². The van der Waals surface area contributed by atoms with Gasteiger partial charge in [-0.3, -0.25) is 4.79 Å². The van der Waals surface area contributed by atoms with Crippen molar-refractivity contribution in [3.8, 4) is 0 Å². The summed E-state index contributed by atoms with van der Waals surface area (Å²) in [4.78, 5) is 11.7. The molecular weight excluding hydrogens is 202 g/mol. The van der Waals surface area contributed by atoms with Crippen LogP contribution in [-0.2, 0) is 16.1 Å². The molecule has 0 radical (unpaired) electrons. The van der Waals surface area contributed by atoms with Crippen molar-refractivity contribution in [3.63, 3.8) is 0 Å². The third kappa shape index (κ3) is 3.66. The van der Waals surface area contributed by atoms with Crippen molar-refractivity contribution in [2.75, 3.05) is 6.54 Å². The summed E-state index contributed by atoms with van der Waals surface area (Å²) >= 11 is 0. The topological polar surface area (TPSA) is 38.3 Å². The number of nitrogens with one attached hydrogen (secondary N) is 1. The summed E-state index contributed by atoms with van der Waals surface area (Å²) in [6, 6.07) is 9.67. The Kier molecular flexibility index (Phi) is 4.50. The van der Waals surface area contributed by atoms with Crippen molar-refractivity contribution in [1.29, 1.82) is 0 Å². The maximum Gasteiger partial charge on any atom is 0.326 e. The molecule has 16 heavy (non-hydrogen) atoms. The molecule has 0 aromatic heterocycles. The van der Waals surface area contributed by atoms with Crippen LogP contribution in [0.2, 0.25) is 0 Å². The van der Waals surface area contributed by atoms with E-state index in [9.17, 15) is 4.79 Å². The molecule has 0 atom stereocenters. The largest absolute Gasteiger partial charge is 0.459 e. The van der Waals surface area contributed by atoms with Crippen LogP contribution in [0.1, 0.15) is 26.3 Å². The van der Waals surface area contributed by atoms with E-state index in [1.807, 2.05) is 51.1 Å². The Morgan fingerprint density at radius 2 is 1.94 bits per heavy atom. The first-order valence-corrected chi connectivity index (χ1v) is 5.52. The highest BCUT2D eigenvalue weighted by atomic mass is 16.5. The molecule has 0 fully saturated rings. The monoisotopic (exact) mass is 221 g/mol. The zero-order chi connectivity index (χ0) is 12.0. The predicted octanol–water partition coefficient (Wildman–Crippen LogP) is 2.12. The molecule has 0 spiro atoms. The third-order valence-corrected chi connectivity index (χ3v) is 2.34. The molecular formula is C13H19NO2. The molecule has 0 heterocycles. The molecule has 1 rings (SSSR count). The highest BCUT2D eigenvalue weighted by molar-refractivity contribution is 5.79. The van der Waals surface area contributed by atoms with E-state index in [2.05, 4.69) is 5.32 Å². The molecule has 0 saturated carbocycles. The summed E-state index contributed by atoms with van der Waals surface area (Å²) in [5.41, 5.74) is 0.381. The zero-order valence-corrected chi connectivity index (χ0v) is 10.1. The van der Waals surface area contributed by atoms with E-state index in [1.54, 1.807) is 0 Å². The van der Waals surface area contributed by atoms with Gasteiger partial charge in [-0.15, -0.1) is 0 Å². The molecule has 1 aromatic rings. The molecule has 0 saturated heterocycles. The van der Waals surface area contributed by atoms with E-state index in [4.69, 9.17) is 4.74 Å². The molecule has 1 N–H and O–H groups in total. The van der Waals surface area contributed by atoms with Crippen molar-refractivity contribution < 1.29 is 9.53 Å². The number of carbonyl (C=O) groups excluding carboxylic acids is 1. The van der Waals surface area contributed by atoms with Crippen molar-refractivity contribution >= 4 is 5.97 Å². The number of hydrogen-bond donors (Lipinski definition) is 1. The van der Waals surface area contributed by atoms with Gasteiger partial charge in [0.1, 0.15) is 12.1 Å². The molecule has 0 aliphatic carbocycles. The molecule has 0 bridgehead atoms. The van der Waals surface area contributed by atoms with Crippen LogP contribution in [0.3, 0.4) is 0 Å². The zero-order valence-electron chi connectivity index (χ0n) is 10.1. The minimum atomic E-state index is -0.621. The van der Waals surface area contributed by atoms with Gasteiger partial charge < -0.3 is 10.1 Å². The summed E-state index contributed by atoms with van der Waals surface area (Å²) in [6.45, 7) is 6.68. The Labute approximate surface area is 96.8 Å². The van der Waals surface area contributed by atoms with Gasteiger partial charge in [0.2, 0.25) is 0 Å². The number of likely N-dealkylation sites (N-methyl/N-ethyl adjacent to an activating group) is 1. The first-order chi connectivity index (χ1) is 7.56. The molecule has 3 nitrogen and oxygen atoms in total. The Bertz CT molecular complexity index is 333. The standard InChI is InChI=1S/C13H19NO2/c1-4-14-13(2,3)12(15)16-10-11-8-6-5-7-9-11/h5-9,14H,4,10H2,1-3H3. The number of carbonyl (C=O) groups is 1. The molecule has 0 aliphatic heterocycles. The average Bonchev–Trinajstić information content (AvgIpc) is 2.27. The summed E-state index contributed by atoms with van der Waals surface area (Å²) in [7, 11) is 0. The summed E-state index contributed by atoms with van der Waals surface area (Å²) < 4.78 is 5.24. The van der Waals surface area contributed by atoms with Crippen LogP contribution >= 0.6 is 0 Å². The average molecular weight is 221 g/mol. The Morgan fingerprint density at radius 3 is 2.50 bits per heavy atom. The maximum absolute atomic E-state index is 11.7. The number of benzene rings is 1. The normalized spacial score (nSPS) is 11.2. The van der Waals surface area contributed by atoms with Crippen LogP contribution in [-0.4, -0.2) is 18.1 Å². The fraction of sp³-hybridized carbons (Fsp3) is 0.462. The van der Waals surface area contributed by atoms with E-state index in [1.165, 1.54) is 0 Å². The van der Waals surface area contributed by atoms with Gasteiger partial charge in [-0.2, -0.15) is 0 Å². The van der Waals surface area contributed by atoms with E-state index in [0.29, 0.717) is 6.61 Å². The number of ether oxygens (including phenoxy) is 1. The lowest BCUT2D eigenvalue weighted by Crippen LogP contribution is -2.47. The van der Waals surface area contributed by atoms with E-state index >= 15 is 0 Å². The fourth-order valence-corrected chi connectivity index (χ4v) is 1.42. The molecule has 0 amide bonds. The second-order valence-corrected chi connectivity index (χ2v) is 4.22. The molecule has 1 aromatic carbocycles. The number of hydrogen-bond acceptors (Lipinski definition) is 3. The minimum Gasteiger partial charge on any atom is -0.459 e. The van der Waals surface area contributed by atoms with Gasteiger partial charge in [0.15, 0.2) is 0 Å². The number of rotatable bonds is 5. The van der Waals surface area contributed by atoms with Gasteiger partial charge >= 0.3 is 5.97 Å². The van der Waals surface area contributed by atoms with Gasteiger partial charge in [0.05, 0.1) is 0 Å². The van der Waals surface area contributed by atoms with E-state index < -0.39 is 5.54 Å². The van der Waals surface area contributed by atoms with Gasteiger partial charge in [-0.05, 0) is 26.0 Å². The van der Waals surface area contributed by atoms with Crippen LogP contribution in [0, 0.1) is 0 Å². The van der Waals surface area contributed by atoms with E-state index in [0.717, 1.165) is 12.1 Å². The SMILES string of the molecule is CCNC(C)(C)C(=O)OCc1ccccc1. The highest BCUT2D eigenvalue weighted by Gasteiger charge is 2.27. The van der Waals surface area contributed by atoms with Crippen molar-refractivity contribution in [2.24, 2.45) is 0 Å². The first-order valence-electron chi connectivity index (χ1n) is 5.52. The quantitative estimate of drug-likeness (QED) is 0.774. The van der Waals surface area contributed by atoms with Gasteiger partial charge in [-0.1, -0.05) is 37.3 Å². The third-order valence-electron chi connectivity index (χ3n) is 2.34. The lowest BCUT2D eigenvalue weighted by Gasteiger charge is -2.23. The molecule has 88 valence electrons. The number of esters is 1. The Balaban J connectivity index is 2.47. The van der Waals surface area contributed by atoms with Gasteiger partial charge in [-0.25, -0.2) is 0 Å². The van der Waals surface area contributed by atoms with Gasteiger partial charge in [0.25, 0.3) is 0 Å². The Morgan fingerprint density at radius 1 is 1.31 bits per heavy atom. The first kappa shape index (κ1) is 12.7. The van der Waals surface area contributed by atoms with Crippen LogP contribution in [0.5, 0.6) is 0 Å². The fourth-order valence-electron chi connectivity index (χ4n) is 1.42. The maximum atomic E-state index is 11.7. The Hall–Kier alpha value is -1.35. The lowest BCUT2D eigenvalue weighted by atomic mass is 10.1. The molecule has 3 heteroatoms. The highest BCUT2D eigenvalue weighted by Crippen LogP contribution is 2.08. The van der Waals surface area contributed by atoms with Crippen LogP contribution in [0.15, 0.2) is 30.3 Å². The van der Waals surface area contributed by atoms with Crippen molar-refractivity contribution in [3.05, 3.63) is 35.9 Å². The van der Waals surface area contributed by atoms with Crippen LogP contribution in [0.4, 0.5) is 0 Å².